The normalized spacial score (nSPS) is 20.0. The van der Waals surface area contributed by atoms with Crippen molar-refractivity contribution in [1.29, 1.82) is 0 Å². The standard InChI is InChI=1S/C38H56O4/c1-25(2)14-11-15-26(3)16-12-17-27(4)18-13-23-38(8)34(32-20-10-9-19-31(32)21-22-35(39)40)24-33-30(7)36(41)28(5)29(6)37(33)42-38/h9-10,19-22,25-27,34,41H,11-18,23-24H2,1-8H3,(H,39,40)/b22-21+/t26-,27+,34?,38-/m0/s1. The quantitative estimate of drug-likeness (QED) is 0.207. The average molecular weight is 577 g/mol. The number of ether oxygens (including phenoxy) is 1. The molecule has 4 nitrogen and oxygen atoms in total. The summed E-state index contributed by atoms with van der Waals surface area (Å²) in [5.74, 6) is 2.64. The van der Waals surface area contributed by atoms with Crippen LogP contribution in [-0.4, -0.2) is 21.8 Å². The van der Waals surface area contributed by atoms with Crippen molar-refractivity contribution in [3.8, 4) is 11.5 Å². The molecule has 1 heterocycles. The summed E-state index contributed by atoms with van der Waals surface area (Å²) in [7, 11) is 0. The first-order chi connectivity index (χ1) is 19.8. The molecular formula is C38H56O4. The van der Waals surface area contributed by atoms with Gasteiger partial charge in [-0.05, 0) is 98.6 Å². The van der Waals surface area contributed by atoms with Gasteiger partial charge in [-0.15, -0.1) is 0 Å². The number of phenolic OH excluding ortho intramolecular Hbond substituents is 1. The van der Waals surface area contributed by atoms with Crippen LogP contribution in [0.1, 0.15) is 132 Å². The fourth-order valence-electron chi connectivity index (χ4n) is 6.86. The topological polar surface area (TPSA) is 66.8 Å². The van der Waals surface area contributed by atoms with Crippen molar-refractivity contribution in [3.05, 3.63) is 63.7 Å². The van der Waals surface area contributed by atoms with E-state index in [9.17, 15) is 15.0 Å². The van der Waals surface area contributed by atoms with Crippen LogP contribution in [0, 0.1) is 38.5 Å². The predicted molar refractivity (Wildman–Crippen MR) is 176 cm³/mol. The smallest absolute Gasteiger partial charge is 0.328 e. The van der Waals surface area contributed by atoms with Gasteiger partial charge in [-0.1, -0.05) is 96.9 Å². The Bertz CT molecular complexity index is 1230. The molecule has 0 spiro atoms. The van der Waals surface area contributed by atoms with E-state index in [1.807, 2.05) is 39.0 Å². The molecule has 0 fully saturated rings. The highest BCUT2D eigenvalue weighted by Crippen LogP contribution is 2.50. The SMILES string of the molecule is Cc1c(C)c2c(c(C)c1O)CC(c1ccccc1/C=C/C(=O)O)[C@](C)(CCC[C@H](C)CCC[C@@H](C)CCCC(C)C)O2. The van der Waals surface area contributed by atoms with Crippen molar-refractivity contribution in [1.82, 2.24) is 0 Å². The van der Waals surface area contributed by atoms with Crippen molar-refractivity contribution in [3.63, 3.8) is 0 Å². The van der Waals surface area contributed by atoms with Crippen LogP contribution in [0.3, 0.4) is 0 Å². The van der Waals surface area contributed by atoms with Gasteiger partial charge in [0, 0.05) is 17.6 Å². The number of phenols is 1. The van der Waals surface area contributed by atoms with Gasteiger partial charge in [-0.2, -0.15) is 0 Å². The maximum absolute atomic E-state index is 11.4. The van der Waals surface area contributed by atoms with Crippen LogP contribution in [0.2, 0.25) is 0 Å². The largest absolute Gasteiger partial charge is 0.507 e. The lowest BCUT2D eigenvalue weighted by Gasteiger charge is -2.45. The van der Waals surface area contributed by atoms with Crippen molar-refractivity contribution in [2.24, 2.45) is 17.8 Å². The first-order valence-corrected chi connectivity index (χ1v) is 16.3. The average Bonchev–Trinajstić information content (AvgIpc) is 2.93. The number of carboxylic acid groups (broad SMARTS) is 1. The van der Waals surface area contributed by atoms with Gasteiger partial charge in [-0.3, -0.25) is 0 Å². The van der Waals surface area contributed by atoms with Crippen LogP contribution in [-0.2, 0) is 11.2 Å². The van der Waals surface area contributed by atoms with Crippen molar-refractivity contribution >= 4 is 12.0 Å². The molecule has 1 aliphatic heterocycles. The fourth-order valence-corrected chi connectivity index (χ4v) is 6.86. The first kappa shape index (κ1) is 33.7. The van der Waals surface area contributed by atoms with E-state index in [1.165, 1.54) is 51.0 Å². The van der Waals surface area contributed by atoms with Gasteiger partial charge < -0.3 is 14.9 Å². The molecule has 232 valence electrons. The summed E-state index contributed by atoms with van der Waals surface area (Å²) < 4.78 is 7.01. The molecule has 0 saturated carbocycles. The first-order valence-electron chi connectivity index (χ1n) is 16.3. The second-order valence-electron chi connectivity index (χ2n) is 13.9. The van der Waals surface area contributed by atoms with Gasteiger partial charge in [0.15, 0.2) is 0 Å². The fraction of sp³-hybridized carbons (Fsp3) is 0.605. The van der Waals surface area contributed by atoms with E-state index < -0.39 is 11.6 Å². The number of fused-ring (bicyclic) bond motifs is 1. The van der Waals surface area contributed by atoms with Gasteiger partial charge >= 0.3 is 5.97 Å². The molecule has 2 aromatic rings. The van der Waals surface area contributed by atoms with Crippen LogP contribution in [0.25, 0.3) is 6.08 Å². The molecule has 4 heteroatoms. The van der Waals surface area contributed by atoms with Crippen LogP contribution >= 0.6 is 0 Å². The summed E-state index contributed by atoms with van der Waals surface area (Å²) in [5, 5.41) is 20.2. The highest BCUT2D eigenvalue weighted by atomic mass is 16.5. The molecular weight excluding hydrogens is 520 g/mol. The van der Waals surface area contributed by atoms with E-state index in [0.717, 1.165) is 70.2 Å². The second kappa shape index (κ2) is 15.1. The Morgan fingerprint density at radius 2 is 1.52 bits per heavy atom. The van der Waals surface area contributed by atoms with E-state index in [0.29, 0.717) is 11.7 Å². The number of hydrogen-bond donors (Lipinski definition) is 2. The molecule has 2 N–H and O–H groups in total. The van der Waals surface area contributed by atoms with Crippen molar-refractivity contribution in [2.45, 2.75) is 131 Å². The molecule has 1 aliphatic rings. The molecule has 3 rings (SSSR count). The van der Waals surface area contributed by atoms with E-state index >= 15 is 0 Å². The molecule has 0 bridgehead atoms. The Kier molecular flexibility index (Phi) is 12.1. The Morgan fingerprint density at radius 1 is 0.929 bits per heavy atom. The molecule has 0 amide bonds. The number of rotatable bonds is 15. The second-order valence-corrected chi connectivity index (χ2v) is 13.9. The monoisotopic (exact) mass is 576 g/mol. The maximum atomic E-state index is 11.4. The molecule has 0 radical (unpaired) electrons. The summed E-state index contributed by atoms with van der Waals surface area (Å²) in [6, 6.07) is 8.08. The summed E-state index contributed by atoms with van der Waals surface area (Å²) in [4.78, 5) is 11.4. The summed E-state index contributed by atoms with van der Waals surface area (Å²) in [5.41, 5.74) is 5.38. The van der Waals surface area contributed by atoms with Crippen molar-refractivity contribution in [2.75, 3.05) is 0 Å². The Balaban J connectivity index is 1.77. The summed E-state index contributed by atoms with van der Waals surface area (Å²) >= 11 is 0. The number of hydrogen-bond acceptors (Lipinski definition) is 3. The molecule has 42 heavy (non-hydrogen) atoms. The predicted octanol–water partition coefficient (Wildman–Crippen LogP) is 10.3. The number of aliphatic carboxylic acids is 1. The van der Waals surface area contributed by atoms with Crippen LogP contribution in [0.4, 0.5) is 0 Å². The van der Waals surface area contributed by atoms with E-state index in [1.54, 1.807) is 6.08 Å². The third-order valence-electron chi connectivity index (χ3n) is 9.84. The number of benzene rings is 2. The lowest BCUT2D eigenvalue weighted by Crippen LogP contribution is -2.44. The molecule has 4 atom stereocenters. The van der Waals surface area contributed by atoms with Crippen LogP contribution in [0.5, 0.6) is 11.5 Å². The number of aromatic hydroxyl groups is 1. The zero-order chi connectivity index (χ0) is 31.0. The van der Waals surface area contributed by atoms with E-state index in [4.69, 9.17) is 4.74 Å². The Morgan fingerprint density at radius 3 is 2.14 bits per heavy atom. The van der Waals surface area contributed by atoms with Gasteiger partial charge in [0.1, 0.15) is 17.1 Å². The molecule has 1 unspecified atom stereocenters. The minimum absolute atomic E-state index is 0.0295. The van der Waals surface area contributed by atoms with Gasteiger partial charge in [0.2, 0.25) is 0 Å². The van der Waals surface area contributed by atoms with Gasteiger partial charge in [0.25, 0.3) is 0 Å². The van der Waals surface area contributed by atoms with E-state index in [2.05, 4.69) is 40.7 Å². The van der Waals surface area contributed by atoms with Crippen LogP contribution < -0.4 is 4.74 Å². The van der Waals surface area contributed by atoms with E-state index in [-0.39, 0.29) is 5.92 Å². The zero-order valence-corrected chi connectivity index (χ0v) is 27.6. The highest BCUT2D eigenvalue weighted by molar-refractivity contribution is 5.85. The molecule has 2 aromatic carbocycles. The molecule has 0 saturated heterocycles. The van der Waals surface area contributed by atoms with Crippen molar-refractivity contribution < 1.29 is 19.7 Å². The molecule has 0 aliphatic carbocycles. The third kappa shape index (κ3) is 8.64. The highest BCUT2D eigenvalue weighted by Gasteiger charge is 2.43. The minimum Gasteiger partial charge on any atom is -0.507 e. The number of carbonyl (C=O) groups is 1. The lowest BCUT2D eigenvalue weighted by molar-refractivity contribution is -0.131. The lowest BCUT2D eigenvalue weighted by atomic mass is 9.71. The molecule has 0 aromatic heterocycles. The minimum atomic E-state index is -0.955. The Hall–Kier alpha value is -2.75. The van der Waals surface area contributed by atoms with Gasteiger partial charge in [-0.25, -0.2) is 4.79 Å². The summed E-state index contributed by atoms with van der Waals surface area (Å²) in [6.07, 6.45) is 14.8. The van der Waals surface area contributed by atoms with Crippen LogP contribution in [0.15, 0.2) is 30.3 Å². The third-order valence-corrected chi connectivity index (χ3v) is 9.84. The van der Waals surface area contributed by atoms with Gasteiger partial charge in [0.05, 0.1) is 0 Å². The number of carboxylic acids is 1. The maximum Gasteiger partial charge on any atom is 0.328 e. The summed E-state index contributed by atoms with van der Waals surface area (Å²) in [6.45, 7) is 17.7. The Labute approximate surface area is 255 Å². The zero-order valence-electron chi connectivity index (χ0n) is 27.6.